The van der Waals surface area contributed by atoms with E-state index in [0.29, 0.717) is 0 Å². The summed E-state index contributed by atoms with van der Waals surface area (Å²) >= 11 is 0. The molecule has 0 aromatic carbocycles. The van der Waals surface area contributed by atoms with Gasteiger partial charge in [0.05, 0.1) is 0 Å². The second-order valence-electron chi connectivity index (χ2n) is 5.64. The Bertz CT molecular complexity index is 279. The van der Waals surface area contributed by atoms with E-state index < -0.39 is 6.10 Å². The Labute approximate surface area is 79.3 Å². The van der Waals surface area contributed by atoms with Crippen LogP contribution in [-0.4, -0.2) is 17.0 Å². The molecule has 2 nitrogen and oxygen atoms in total. The van der Waals surface area contributed by atoms with Gasteiger partial charge >= 0.3 is 0 Å². The Balaban J connectivity index is 2.61. The van der Waals surface area contributed by atoms with Crippen molar-refractivity contribution in [3.05, 3.63) is 0 Å². The average molecular weight is 182 g/mol. The summed E-state index contributed by atoms with van der Waals surface area (Å²) < 4.78 is 0. The van der Waals surface area contributed by atoms with Crippen molar-refractivity contribution in [1.29, 1.82) is 0 Å². The van der Waals surface area contributed by atoms with E-state index in [9.17, 15) is 9.90 Å². The normalized spacial score (nSPS) is 53.0. The zero-order valence-corrected chi connectivity index (χ0v) is 8.85. The maximum Gasteiger partial charge on any atom is 0.168 e. The van der Waals surface area contributed by atoms with Crippen LogP contribution in [0.4, 0.5) is 0 Å². The van der Waals surface area contributed by atoms with Gasteiger partial charge < -0.3 is 5.11 Å². The summed E-state index contributed by atoms with van der Waals surface area (Å²) in [5.74, 6) is 0.0613. The summed E-state index contributed by atoms with van der Waals surface area (Å²) in [5, 5.41) is 9.90. The molecule has 0 aromatic heterocycles. The van der Waals surface area contributed by atoms with Crippen LogP contribution in [0.1, 0.15) is 40.5 Å². The standard InChI is InChI=1S/C11H18O2/c1-9(2)10(3)5-6-11(9,4)8(13)7(10)12/h7,12H,5-6H2,1-4H3/t7-,10-,11-/m0/s1. The first-order valence-electron chi connectivity index (χ1n) is 5.00. The molecule has 0 saturated heterocycles. The quantitative estimate of drug-likeness (QED) is 0.620. The molecule has 2 bridgehead atoms. The fourth-order valence-electron chi connectivity index (χ4n) is 3.27. The van der Waals surface area contributed by atoms with E-state index in [1.807, 2.05) is 13.8 Å². The zero-order valence-electron chi connectivity index (χ0n) is 8.85. The molecule has 2 fully saturated rings. The number of hydrogen-bond donors (Lipinski definition) is 1. The number of carbonyl (C=O) groups is 1. The maximum atomic E-state index is 11.9. The van der Waals surface area contributed by atoms with Crippen molar-refractivity contribution in [3.8, 4) is 0 Å². The van der Waals surface area contributed by atoms with E-state index in [4.69, 9.17) is 0 Å². The first kappa shape index (κ1) is 9.20. The van der Waals surface area contributed by atoms with Crippen LogP contribution in [0.3, 0.4) is 0 Å². The van der Waals surface area contributed by atoms with E-state index >= 15 is 0 Å². The highest BCUT2D eigenvalue weighted by molar-refractivity contribution is 5.94. The lowest BCUT2D eigenvalue weighted by Gasteiger charge is -2.37. The van der Waals surface area contributed by atoms with Gasteiger partial charge in [-0.2, -0.15) is 0 Å². The molecule has 0 aliphatic heterocycles. The summed E-state index contributed by atoms with van der Waals surface area (Å²) in [6.45, 7) is 8.30. The third-order valence-corrected chi connectivity index (χ3v) is 5.35. The van der Waals surface area contributed by atoms with Crippen molar-refractivity contribution in [1.82, 2.24) is 0 Å². The largest absolute Gasteiger partial charge is 0.385 e. The molecule has 74 valence electrons. The number of hydrogen-bond acceptors (Lipinski definition) is 2. The molecule has 0 heterocycles. The fraction of sp³-hybridized carbons (Fsp3) is 0.909. The monoisotopic (exact) mass is 182 g/mol. The molecule has 13 heavy (non-hydrogen) atoms. The second-order valence-corrected chi connectivity index (χ2v) is 5.64. The molecule has 0 amide bonds. The van der Waals surface area contributed by atoms with E-state index in [0.717, 1.165) is 12.8 Å². The third kappa shape index (κ3) is 0.653. The Kier molecular flexibility index (Phi) is 1.42. The minimum absolute atomic E-state index is 0.0590. The summed E-state index contributed by atoms with van der Waals surface area (Å²) in [5.41, 5.74) is -0.545. The van der Waals surface area contributed by atoms with Crippen LogP contribution >= 0.6 is 0 Å². The molecule has 2 rings (SSSR count). The molecular weight excluding hydrogens is 164 g/mol. The van der Waals surface area contributed by atoms with Gasteiger partial charge in [0.1, 0.15) is 6.10 Å². The minimum atomic E-state index is -0.735. The van der Waals surface area contributed by atoms with Gasteiger partial charge in [0.2, 0.25) is 0 Å². The van der Waals surface area contributed by atoms with Crippen molar-refractivity contribution in [2.75, 3.05) is 0 Å². The molecular formula is C11H18O2. The lowest BCUT2D eigenvalue weighted by atomic mass is 9.66. The van der Waals surface area contributed by atoms with Gasteiger partial charge in [-0.15, -0.1) is 0 Å². The van der Waals surface area contributed by atoms with Crippen molar-refractivity contribution in [2.45, 2.75) is 46.6 Å². The van der Waals surface area contributed by atoms with E-state index in [1.54, 1.807) is 0 Å². The molecule has 0 spiro atoms. The van der Waals surface area contributed by atoms with Gasteiger partial charge in [0, 0.05) is 10.8 Å². The zero-order chi connectivity index (χ0) is 10.1. The Morgan fingerprint density at radius 3 is 2.00 bits per heavy atom. The summed E-state index contributed by atoms with van der Waals surface area (Å²) in [4.78, 5) is 11.9. The Morgan fingerprint density at radius 1 is 1.23 bits per heavy atom. The van der Waals surface area contributed by atoms with E-state index in [-0.39, 0.29) is 22.0 Å². The molecule has 2 saturated carbocycles. The Hall–Kier alpha value is -0.370. The molecule has 0 unspecified atom stereocenters. The van der Waals surface area contributed by atoms with Gasteiger partial charge in [-0.3, -0.25) is 4.79 Å². The predicted molar refractivity (Wildman–Crippen MR) is 50.2 cm³/mol. The van der Waals surface area contributed by atoms with E-state index in [1.165, 1.54) is 0 Å². The molecule has 0 radical (unpaired) electrons. The lowest BCUT2D eigenvalue weighted by molar-refractivity contribution is -0.136. The number of aliphatic hydroxyl groups excluding tert-OH is 1. The molecule has 0 aromatic rings. The highest BCUT2D eigenvalue weighted by Gasteiger charge is 2.72. The number of rotatable bonds is 0. The first-order chi connectivity index (χ1) is 5.77. The minimum Gasteiger partial charge on any atom is -0.385 e. The van der Waals surface area contributed by atoms with Crippen LogP contribution in [0.5, 0.6) is 0 Å². The summed E-state index contributed by atoms with van der Waals surface area (Å²) in [6.07, 6.45) is 1.18. The maximum absolute atomic E-state index is 11.9. The first-order valence-corrected chi connectivity index (χ1v) is 5.00. The van der Waals surface area contributed by atoms with Crippen LogP contribution in [-0.2, 0) is 4.79 Å². The van der Waals surface area contributed by atoms with Gasteiger partial charge in [0.15, 0.2) is 5.78 Å². The van der Waals surface area contributed by atoms with Crippen molar-refractivity contribution >= 4 is 5.78 Å². The van der Waals surface area contributed by atoms with Crippen LogP contribution in [0, 0.1) is 16.2 Å². The number of aliphatic hydroxyl groups is 1. The van der Waals surface area contributed by atoms with Crippen LogP contribution in [0.15, 0.2) is 0 Å². The van der Waals surface area contributed by atoms with Crippen LogP contribution in [0.25, 0.3) is 0 Å². The number of carbonyl (C=O) groups excluding carboxylic acids is 1. The van der Waals surface area contributed by atoms with Gasteiger partial charge in [0.25, 0.3) is 0 Å². The second kappa shape index (κ2) is 2.00. The molecule has 1 N–H and O–H groups in total. The molecule has 2 aliphatic rings. The summed E-state index contributed by atoms with van der Waals surface area (Å²) in [7, 11) is 0. The van der Waals surface area contributed by atoms with Gasteiger partial charge in [-0.1, -0.05) is 27.7 Å². The van der Waals surface area contributed by atoms with Crippen molar-refractivity contribution < 1.29 is 9.90 Å². The van der Waals surface area contributed by atoms with Gasteiger partial charge in [-0.05, 0) is 18.3 Å². The SMILES string of the molecule is CC1(C)[C@@]2(C)CC[C@@]1(C)[C@@H](O)C2=O. The third-order valence-electron chi connectivity index (χ3n) is 5.35. The van der Waals surface area contributed by atoms with Crippen molar-refractivity contribution in [3.63, 3.8) is 0 Å². The lowest BCUT2D eigenvalue weighted by Crippen LogP contribution is -2.37. The Morgan fingerprint density at radius 2 is 1.77 bits per heavy atom. The smallest absolute Gasteiger partial charge is 0.168 e. The fourth-order valence-corrected chi connectivity index (χ4v) is 3.27. The van der Waals surface area contributed by atoms with Crippen molar-refractivity contribution in [2.24, 2.45) is 16.2 Å². The number of ketones is 1. The predicted octanol–water partition coefficient (Wildman–Crippen LogP) is 1.76. The van der Waals surface area contributed by atoms with Crippen LogP contribution in [0.2, 0.25) is 0 Å². The molecule has 3 atom stereocenters. The highest BCUT2D eigenvalue weighted by Crippen LogP contribution is 2.70. The highest BCUT2D eigenvalue weighted by atomic mass is 16.3. The average Bonchev–Trinajstić information content (AvgIpc) is 2.28. The molecule has 2 aliphatic carbocycles. The molecule has 2 heteroatoms. The van der Waals surface area contributed by atoms with Crippen LogP contribution < -0.4 is 0 Å². The summed E-state index contributed by atoms with van der Waals surface area (Å²) in [6, 6.07) is 0. The number of fused-ring (bicyclic) bond motifs is 2. The van der Waals surface area contributed by atoms with E-state index in [2.05, 4.69) is 13.8 Å². The topological polar surface area (TPSA) is 37.3 Å². The van der Waals surface area contributed by atoms with Gasteiger partial charge in [-0.25, -0.2) is 0 Å². The number of Topliss-reactive ketones (excluding diaryl/α,β-unsaturated/α-hetero) is 1.